The topological polar surface area (TPSA) is 67.0 Å². The molecule has 1 fully saturated rings. The van der Waals surface area contributed by atoms with Gasteiger partial charge in [0.25, 0.3) is 5.91 Å². The number of H-pyrrole nitrogens is 1. The van der Waals surface area contributed by atoms with Gasteiger partial charge in [-0.3, -0.25) is 9.89 Å². The summed E-state index contributed by atoms with van der Waals surface area (Å²) in [7, 11) is 0. The van der Waals surface area contributed by atoms with E-state index in [0.717, 1.165) is 36.3 Å². The number of benzene rings is 2. The highest BCUT2D eigenvalue weighted by molar-refractivity contribution is 5.94. The summed E-state index contributed by atoms with van der Waals surface area (Å²) in [5, 5.41) is 10.8. The summed E-state index contributed by atoms with van der Waals surface area (Å²) < 4.78 is 6.12. The minimum Gasteiger partial charge on any atom is -0.489 e. The van der Waals surface area contributed by atoms with Crippen molar-refractivity contribution in [1.29, 1.82) is 0 Å². The van der Waals surface area contributed by atoms with Crippen LogP contribution in [0.3, 0.4) is 0 Å². The molecule has 1 heterocycles. The zero-order valence-electron chi connectivity index (χ0n) is 20.9. The first-order chi connectivity index (χ1) is 16.9. The number of nitrogens with zero attached hydrogens (tertiary/aromatic N) is 1. The molecule has 0 radical (unpaired) electrons. The Morgan fingerprint density at radius 3 is 2.83 bits per heavy atom. The van der Waals surface area contributed by atoms with E-state index in [1.807, 2.05) is 19.9 Å². The lowest BCUT2D eigenvalue weighted by molar-refractivity contribution is 0.0930. The average Bonchev–Trinajstić information content (AvgIpc) is 3.41. The Morgan fingerprint density at radius 2 is 2.03 bits per heavy atom. The SMILES string of the molecule is CC(C)NC(=O)c1[nH]nc2c1CC1C3CCc4cc(OCc5ccccc5)ccc4C3CCC21C. The van der Waals surface area contributed by atoms with E-state index in [9.17, 15) is 4.79 Å². The van der Waals surface area contributed by atoms with Crippen molar-refractivity contribution in [2.24, 2.45) is 11.8 Å². The van der Waals surface area contributed by atoms with Crippen LogP contribution in [-0.2, 0) is 24.9 Å². The Morgan fingerprint density at radius 1 is 1.20 bits per heavy atom. The van der Waals surface area contributed by atoms with Gasteiger partial charge in [-0.25, -0.2) is 0 Å². The van der Waals surface area contributed by atoms with Gasteiger partial charge in [-0.1, -0.05) is 43.3 Å². The van der Waals surface area contributed by atoms with E-state index in [4.69, 9.17) is 9.84 Å². The van der Waals surface area contributed by atoms with Crippen molar-refractivity contribution >= 4 is 5.91 Å². The third-order valence-electron chi connectivity index (χ3n) is 8.81. The fraction of sp³-hybridized carbons (Fsp3) is 0.467. The molecule has 2 aromatic carbocycles. The molecular weight excluding hydrogens is 434 g/mol. The maximum Gasteiger partial charge on any atom is 0.269 e. The molecule has 0 bridgehead atoms. The van der Waals surface area contributed by atoms with E-state index in [1.165, 1.54) is 29.5 Å². The molecule has 3 aliphatic carbocycles. The molecule has 2 N–H and O–H groups in total. The van der Waals surface area contributed by atoms with Gasteiger partial charge >= 0.3 is 0 Å². The van der Waals surface area contributed by atoms with Crippen LogP contribution in [0.2, 0.25) is 0 Å². The van der Waals surface area contributed by atoms with Gasteiger partial charge in [0.2, 0.25) is 0 Å². The standard InChI is InChI=1S/C30H35N3O2/c1-18(2)31-29(34)27-25-16-26-24-11-9-20-15-21(35-17-19-7-5-4-6-8-19)10-12-22(20)23(24)13-14-30(26,3)28(25)33-32-27/h4-8,10,12,15,18,23-24,26H,9,11,13-14,16-17H2,1-3H3,(H,31,34)(H,32,33). The van der Waals surface area contributed by atoms with Crippen LogP contribution < -0.4 is 10.1 Å². The molecular formula is C30H35N3O2. The second kappa shape index (κ2) is 8.54. The zero-order valence-corrected chi connectivity index (χ0v) is 20.9. The Kier molecular flexibility index (Phi) is 5.46. The van der Waals surface area contributed by atoms with E-state index < -0.39 is 0 Å². The molecule has 5 heteroatoms. The first-order valence-corrected chi connectivity index (χ1v) is 13.1. The van der Waals surface area contributed by atoms with Crippen LogP contribution in [0, 0.1) is 11.8 Å². The molecule has 1 amide bonds. The molecule has 3 aromatic rings. The van der Waals surface area contributed by atoms with Crippen molar-refractivity contribution in [3.63, 3.8) is 0 Å². The highest BCUT2D eigenvalue weighted by Gasteiger charge is 2.55. The van der Waals surface area contributed by atoms with E-state index in [2.05, 4.69) is 59.8 Å². The maximum absolute atomic E-state index is 12.8. The van der Waals surface area contributed by atoms with Crippen molar-refractivity contribution in [2.45, 2.75) is 76.9 Å². The minimum absolute atomic E-state index is 0.0235. The monoisotopic (exact) mass is 469 g/mol. The average molecular weight is 470 g/mol. The van der Waals surface area contributed by atoms with Gasteiger partial charge < -0.3 is 10.1 Å². The number of aromatic amines is 1. The van der Waals surface area contributed by atoms with Gasteiger partial charge in [0.15, 0.2) is 0 Å². The lowest BCUT2D eigenvalue weighted by Crippen LogP contribution is -2.43. The number of rotatable bonds is 5. The fourth-order valence-electron chi connectivity index (χ4n) is 7.16. The summed E-state index contributed by atoms with van der Waals surface area (Å²) in [5.41, 5.74) is 7.19. The highest BCUT2D eigenvalue weighted by atomic mass is 16.5. The third kappa shape index (κ3) is 3.76. The molecule has 5 nitrogen and oxygen atoms in total. The largest absolute Gasteiger partial charge is 0.489 e. The number of carbonyl (C=O) groups excluding carboxylic acids is 1. The molecule has 0 aliphatic heterocycles. The molecule has 1 aromatic heterocycles. The lowest BCUT2D eigenvalue weighted by atomic mass is 9.55. The van der Waals surface area contributed by atoms with Crippen molar-refractivity contribution in [2.75, 3.05) is 0 Å². The number of ether oxygens (including phenoxy) is 1. The number of aryl methyl sites for hydroxylation is 1. The second-order valence-corrected chi connectivity index (χ2v) is 11.3. The van der Waals surface area contributed by atoms with Crippen molar-refractivity contribution in [3.05, 3.63) is 82.2 Å². The fourth-order valence-corrected chi connectivity index (χ4v) is 7.16. The Labute approximate surface area is 207 Å². The number of hydrogen-bond acceptors (Lipinski definition) is 3. The van der Waals surface area contributed by atoms with Gasteiger partial charge in [-0.05, 0) is 92.5 Å². The summed E-state index contributed by atoms with van der Waals surface area (Å²) in [4.78, 5) is 12.8. The maximum atomic E-state index is 12.8. The van der Waals surface area contributed by atoms with E-state index in [0.29, 0.717) is 30.1 Å². The molecule has 6 rings (SSSR count). The predicted octanol–water partition coefficient (Wildman–Crippen LogP) is 5.70. The third-order valence-corrected chi connectivity index (χ3v) is 8.81. The molecule has 0 saturated heterocycles. The molecule has 4 unspecified atom stereocenters. The van der Waals surface area contributed by atoms with E-state index in [-0.39, 0.29) is 17.4 Å². The number of aromatic nitrogens is 2. The van der Waals surface area contributed by atoms with Gasteiger partial charge in [0.05, 0.1) is 5.69 Å². The number of nitrogens with one attached hydrogen (secondary N) is 2. The number of fused-ring (bicyclic) bond motifs is 7. The van der Waals surface area contributed by atoms with Crippen LogP contribution in [0.1, 0.15) is 84.4 Å². The van der Waals surface area contributed by atoms with Crippen molar-refractivity contribution in [1.82, 2.24) is 15.5 Å². The van der Waals surface area contributed by atoms with Crippen LogP contribution in [0.15, 0.2) is 48.5 Å². The summed E-state index contributed by atoms with van der Waals surface area (Å²) in [6.07, 6.45) is 5.54. The minimum atomic E-state index is -0.0235. The first-order valence-electron chi connectivity index (χ1n) is 13.1. The Bertz CT molecular complexity index is 1250. The summed E-state index contributed by atoms with van der Waals surface area (Å²) >= 11 is 0. The van der Waals surface area contributed by atoms with Crippen LogP contribution in [0.4, 0.5) is 0 Å². The quantitative estimate of drug-likeness (QED) is 0.504. The molecule has 1 saturated carbocycles. The Hall–Kier alpha value is -3.08. The van der Waals surface area contributed by atoms with Crippen LogP contribution in [0.25, 0.3) is 0 Å². The van der Waals surface area contributed by atoms with Crippen LogP contribution >= 0.6 is 0 Å². The number of hydrogen-bond donors (Lipinski definition) is 2. The van der Waals surface area contributed by atoms with Crippen molar-refractivity contribution in [3.8, 4) is 5.75 Å². The lowest BCUT2D eigenvalue weighted by Gasteiger charge is -2.49. The molecule has 182 valence electrons. The molecule has 0 spiro atoms. The van der Waals surface area contributed by atoms with E-state index >= 15 is 0 Å². The smallest absolute Gasteiger partial charge is 0.269 e. The zero-order chi connectivity index (χ0) is 24.2. The summed E-state index contributed by atoms with van der Waals surface area (Å²) in [5.74, 6) is 2.70. The normalized spacial score (nSPS) is 26.5. The van der Waals surface area contributed by atoms with E-state index in [1.54, 1.807) is 0 Å². The highest BCUT2D eigenvalue weighted by Crippen LogP contribution is 2.60. The molecule has 4 atom stereocenters. The summed E-state index contributed by atoms with van der Waals surface area (Å²) in [6.45, 7) is 6.99. The van der Waals surface area contributed by atoms with Crippen molar-refractivity contribution < 1.29 is 9.53 Å². The number of carbonyl (C=O) groups is 1. The molecule has 35 heavy (non-hydrogen) atoms. The second-order valence-electron chi connectivity index (χ2n) is 11.3. The Balaban J connectivity index is 1.22. The van der Waals surface area contributed by atoms with Gasteiger partial charge in [-0.2, -0.15) is 5.10 Å². The van der Waals surface area contributed by atoms with Gasteiger partial charge in [0.1, 0.15) is 18.1 Å². The van der Waals surface area contributed by atoms with Gasteiger partial charge in [0, 0.05) is 17.0 Å². The van der Waals surface area contributed by atoms with Crippen LogP contribution in [-0.4, -0.2) is 22.1 Å². The summed E-state index contributed by atoms with van der Waals surface area (Å²) in [6, 6.07) is 17.2. The van der Waals surface area contributed by atoms with Crippen LogP contribution in [0.5, 0.6) is 5.75 Å². The first kappa shape index (κ1) is 22.4. The molecule has 3 aliphatic rings. The number of amides is 1. The predicted molar refractivity (Wildman–Crippen MR) is 137 cm³/mol. The van der Waals surface area contributed by atoms with Gasteiger partial charge in [-0.15, -0.1) is 0 Å².